The molecule has 0 bridgehead atoms. The van der Waals surface area contributed by atoms with E-state index in [4.69, 9.17) is 5.21 Å². The molecule has 0 saturated heterocycles. The number of hydrogen-bond donors (Lipinski definition) is 4. The number of rotatable bonds is 10. The third kappa shape index (κ3) is 6.30. The Morgan fingerprint density at radius 3 is 2.62 bits per heavy atom. The maximum atomic E-state index is 9.40. The molecule has 1 unspecified atom stereocenters. The average molecular weight is 434 g/mol. The molecule has 1 aliphatic rings. The van der Waals surface area contributed by atoms with E-state index < -0.39 is 6.23 Å². The van der Waals surface area contributed by atoms with E-state index in [2.05, 4.69) is 64.6 Å². The van der Waals surface area contributed by atoms with Gasteiger partial charge in [0.15, 0.2) is 0 Å². The van der Waals surface area contributed by atoms with Gasteiger partial charge in [0.2, 0.25) is 0 Å². The van der Waals surface area contributed by atoms with Gasteiger partial charge >= 0.3 is 0 Å². The molecule has 32 heavy (non-hydrogen) atoms. The van der Waals surface area contributed by atoms with Gasteiger partial charge in [-0.25, -0.2) is 0 Å². The number of nitrogens with one attached hydrogen (secondary N) is 2. The monoisotopic (exact) mass is 433 g/mol. The maximum absolute atomic E-state index is 9.40. The summed E-state index contributed by atoms with van der Waals surface area (Å²) in [5.74, 6) is 0.807. The van der Waals surface area contributed by atoms with Gasteiger partial charge in [0, 0.05) is 36.7 Å². The first-order valence-corrected chi connectivity index (χ1v) is 11.8. The highest BCUT2D eigenvalue weighted by molar-refractivity contribution is 5.83. The highest BCUT2D eigenvalue weighted by Crippen LogP contribution is 2.26. The minimum atomic E-state index is -1.05. The molecule has 4 rings (SSSR count). The number of hydroxylamine groups is 1. The van der Waals surface area contributed by atoms with Crippen LogP contribution < -0.4 is 5.48 Å². The third-order valence-electron chi connectivity index (χ3n) is 6.60. The van der Waals surface area contributed by atoms with Crippen molar-refractivity contribution in [3.63, 3.8) is 0 Å². The Labute approximate surface area is 190 Å². The van der Waals surface area contributed by atoms with Gasteiger partial charge in [-0.3, -0.25) is 4.90 Å². The first-order valence-electron chi connectivity index (χ1n) is 11.8. The lowest BCUT2D eigenvalue weighted by atomic mass is 9.88. The van der Waals surface area contributed by atoms with Crippen molar-refractivity contribution in [2.75, 3.05) is 13.1 Å². The van der Waals surface area contributed by atoms with Crippen molar-refractivity contribution in [3.05, 3.63) is 77.5 Å². The van der Waals surface area contributed by atoms with E-state index in [1.165, 1.54) is 66.8 Å². The second kappa shape index (κ2) is 11.4. The summed E-state index contributed by atoms with van der Waals surface area (Å²) in [6, 6.07) is 17.0. The van der Waals surface area contributed by atoms with Crippen LogP contribution in [0.25, 0.3) is 17.0 Å². The Bertz CT molecular complexity index is 990. The molecular weight excluding hydrogens is 398 g/mol. The number of aromatic amines is 1. The van der Waals surface area contributed by atoms with E-state index in [9.17, 15) is 5.11 Å². The van der Waals surface area contributed by atoms with Crippen LogP contribution in [0.1, 0.15) is 48.8 Å². The largest absolute Gasteiger partial charge is 0.373 e. The molecule has 3 aromatic rings. The molecule has 1 heterocycles. The molecule has 0 radical (unpaired) electrons. The summed E-state index contributed by atoms with van der Waals surface area (Å²) in [6.07, 6.45) is 12.3. The van der Waals surface area contributed by atoms with Crippen LogP contribution in [0.2, 0.25) is 0 Å². The van der Waals surface area contributed by atoms with E-state index in [0.29, 0.717) is 0 Å². The SMILES string of the molecule is ONC(O)/C=C/c1ccc(CN(CCc2c[nH]c3ccccc23)CC2CCCCC2)cc1. The molecule has 1 atom stereocenters. The molecule has 1 aromatic heterocycles. The number of para-hydroxylation sites is 1. The van der Waals surface area contributed by atoms with Gasteiger partial charge in [-0.2, -0.15) is 5.48 Å². The molecule has 4 N–H and O–H groups in total. The lowest BCUT2D eigenvalue weighted by molar-refractivity contribution is 0.0323. The average Bonchev–Trinajstić information content (AvgIpc) is 3.25. The molecule has 0 spiro atoms. The van der Waals surface area contributed by atoms with Crippen LogP contribution in [-0.2, 0) is 13.0 Å². The highest BCUT2D eigenvalue weighted by Gasteiger charge is 2.18. The van der Waals surface area contributed by atoms with Crippen molar-refractivity contribution in [1.29, 1.82) is 0 Å². The lowest BCUT2D eigenvalue weighted by Gasteiger charge is -2.30. The second-order valence-electron chi connectivity index (χ2n) is 9.02. The summed E-state index contributed by atoms with van der Waals surface area (Å²) in [5.41, 5.74) is 6.72. The van der Waals surface area contributed by atoms with Crippen molar-refractivity contribution in [2.24, 2.45) is 5.92 Å². The number of aliphatic hydroxyl groups is 1. The zero-order valence-corrected chi connectivity index (χ0v) is 18.7. The van der Waals surface area contributed by atoms with E-state index in [1.807, 2.05) is 5.48 Å². The van der Waals surface area contributed by atoms with Crippen LogP contribution in [0.4, 0.5) is 0 Å². The second-order valence-corrected chi connectivity index (χ2v) is 9.02. The summed E-state index contributed by atoms with van der Waals surface area (Å²) in [6.45, 7) is 3.16. The van der Waals surface area contributed by atoms with Crippen LogP contribution in [0.15, 0.2) is 60.8 Å². The van der Waals surface area contributed by atoms with E-state index in [1.54, 1.807) is 6.08 Å². The number of aliphatic hydroxyl groups excluding tert-OH is 1. The van der Waals surface area contributed by atoms with Gasteiger partial charge in [0.1, 0.15) is 6.23 Å². The van der Waals surface area contributed by atoms with Crippen LogP contribution in [-0.4, -0.2) is 39.5 Å². The van der Waals surface area contributed by atoms with E-state index in [-0.39, 0.29) is 0 Å². The summed E-state index contributed by atoms with van der Waals surface area (Å²) >= 11 is 0. The quantitative estimate of drug-likeness (QED) is 0.265. The molecule has 1 aliphatic carbocycles. The molecular formula is C27H35N3O2. The summed E-state index contributed by atoms with van der Waals surface area (Å²) in [4.78, 5) is 6.04. The van der Waals surface area contributed by atoms with Crippen molar-refractivity contribution < 1.29 is 10.3 Å². The zero-order valence-electron chi connectivity index (χ0n) is 18.7. The Hall–Kier alpha value is -2.44. The van der Waals surface area contributed by atoms with Gasteiger partial charge in [-0.05, 0) is 54.0 Å². The van der Waals surface area contributed by atoms with Crippen LogP contribution in [0, 0.1) is 5.92 Å². The summed E-state index contributed by atoms with van der Waals surface area (Å²) < 4.78 is 0. The molecule has 1 fully saturated rings. The Kier molecular flexibility index (Phi) is 8.13. The molecule has 5 nitrogen and oxygen atoms in total. The third-order valence-corrected chi connectivity index (χ3v) is 6.60. The lowest BCUT2D eigenvalue weighted by Crippen LogP contribution is -2.32. The number of fused-ring (bicyclic) bond motifs is 1. The smallest absolute Gasteiger partial charge is 0.146 e. The highest BCUT2D eigenvalue weighted by atomic mass is 16.5. The molecule has 5 heteroatoms. The molecule has 0 aliphatic heterocycles. The van der Waals surface area contributed by atoms with Gasteiger partial charge in [-0.1, -0.05) is 67.8 Å². The van der Waals surface area contributed by atoms with Crippen LogP contribution >= 0.6 is 0 Å². The number of nitrogens with zero attached hydrogens (tertiary/aromatic N) is 1. The van der Waals surface area contributed by atoms with Crippen molar-refractivity contribution in [1.82, 2.24) is 15.4 Å². The fraction of sp³-hybridized carbons (Fsp3) is 0.407. The minimum absolute atomic E-state index is 0.807. The predicted octanol–water partition coefficient (Wildman–Crippen LogP) is 5.10. The van der Waals surface area contributed by atoms with Gasteiger partial charge in [0.05, 0.1) is 0 Å². The van der Waals surface area contributed by atoms with Crippen molar-refractivity contribution in [3.8, 4) is 0 Å². The fourth-order valence-corrected chi connectivity index (χ4v) is 4.82. The number of H-pyrrole nitrogens is 1. The van der Waals surface area contributed by atoms with Gasteiger partial charge in [0.25, 0.3) is 0 Å². The minimum Gasteiger partial charge on any atom is -0.373 e. The number of aromatic nitrogens is 1. The molecule has 1 saturated carbocycles. The van der Waals surface area contributed by atoms with Crippen LogP contribution in [0.3, 0.4) is 0 Å². The fourth-order valence-electron chi connectivity index (χ4n) is 4.82. The van der Waals surface area contributed by atoms with E-state index >= 15 is 0 Å². The zero-order chi connectivity index (χ0) is 22.2. The Morgan fingerprint density at radius 2 is 1.84 bits per heavy atom. The first-order chi connectivity index (χ1) is 15.7. The Balaban J connectivity index is 1.42. The first kappa shape index (κ1) is 22.7. The van der Waals surface area contributed by atoms with Crippen LogP contribution in [0.5, 0.6) is 0 Å². The molecule has 2 aromatic carbocycles. The van der Waals surface area contributed by atoms with Gasteiger partial charge < -0.3 is 15.3 Å². The predicted molar refractivity (Wildman–Crippen MR) is 130 cm³/mol. The van der Waals surface area contributed by atoms with Gasteiger partial charge in [-0.15, -0.1) is 0 Å². The maximum Gasteiger partial charge on any atom is 0.146 e. The number of hydrogen-bond acceptors (Lipinski definition) is 4. The summed E-state index contributed by atoms with van der Waals surface area (Å²) in [5, 5.41) is 19.4. The topological polar surface area (TPSA) is 71.5 Å². The molecule has 170 valence electrons. The Morgan fingerprint density at radius 1 is 1.06 bits per heavy atom. The molecule has 0 amide bonds. The normalized spacial score (nSPS) is 16.3. The summed E-state index contributed by atoms with van der Waals surface area (Å²) in [7, 11) is 0. The van der Waals surface area contributed by atoms with E-state index in [0.717, 1.165) is 31.0 Å². The van der Waals surface area contributed by atoms with Crippen molar-refractivity contribution >= 4 is 17.0 Å². The number of benzene rings is 2. The van der Waals surface area contributed by atoms with Crippen molar-refractivity contribution in [2.45, 2.75) is 51.3 Å². The standard InChI is InChI=1S/C27H35N3O2/c31-27(29-32)15-14-21-10-12-23(13-11-21)20-30(19-22-6-2-1-3-7-22)17-16-24-18-28-26-9-5-4-8-25(24)26/h4-5,8-15,18,22,27-29,31-32H,1-3,6-7,16-17,19-20H2/b15-14+.